The molecular formula is C26H31N5O8. The number of esters is 3. The SMILES string of the molecule is CCCCc1ccc(Nc2nc3c(ncn3[C@H]3O[C@@H](COC(C)=O)[C@H](OC(C)=O)[C@@H]3OC(C)=O)c(=O)[nH]2)cc1. The van der Waals surface area contributed by atoms with Crippen molar-refractivity contribution in [2.75, 3.05) is 11.9 Å². The number of hydrogen-bond acceptors (Lipinski definition) is 11. The minimum atomic E-state index is -1.14. The molecule has 4 atom stereocenters. The number of rotatable bonds is 10. The van der Waals surface area contributed by atoms with Gasteiger partial charge < -0.3 is 24.3 Å². The molecule has 0 bridgehead atoms. The summed E-state index contributed by atoms with van der Waals surface area (Å²) in [6, 6.07) is 7.81. The minimum absolute atomic E-state index is 0.0214. The Kier molecular flexibility index (Phi) is 8.59. The number of H-pyrrole nitrogens is 1. The standard InChI is InChI=1S/C26H31N5O8/c1-5-6-7-17-8-10-18(11-9-17)28-26-29-23-20(24(35)30-26)27-13-31(23)25-22(38-16(4)34)21(37-15(3)33)19(39-25)12-36-14(2)32/h8-11,13,19,21-22,25H,5-7,12H2,1-4H3,(H2,28,29,30,35)/t19-,21-,22-,25-/m0/s1. The Morgan fingerprint density at radius 1 is 1.05 bits per heavy atom. The van der Waals surface area contributed by atoms with Crippen LogP contribution in [0.1, 0.15) is 52.3 Å². The van der Waals surface area contributed by atoms with Gasteiger partial charge in [0, 0.05) is 26.5 Å². The molecule has 13 heteroatoms. The van der Waals surface area contributed by atoms with Crippen molar-refractivity contribution in [2.45, 2.75) is 71.5 Å². The summed E-state index contributed by atoms with van der Waals surface area (Å²) in [6.07, 6.45) is 0.206. The van der Waals surface area contributed by atoms with E-state index in [-0.39, 0.29) is 23.7 Å². The quantitative estimate of drug-likeness (QED) is 0.286. The van der Waals surface area contributed by atoms with Crippen LogP contribution in [0.5, 0.6) is 0 Å². The number of aromatic nitrogens is 4. The van der Waals surface area contributed by atoms with Crippen LogP contribution in [-0.4, -0.2) is 62.3 Å². The average molecular weight is 542 g/mol. The highest BCUT2D eigenvalue weighted by Crippen LogP contribution is 2.35. The molecule has 4 rings (SSSR count). The molecule has 208 valence electrons. The van der Waals surface area contributed by atoms with Crippen molar-refractivity contribution in [1.29, 1.82) is 0 Å². The molecule has 0 saturated carbocycles. The van der Waals surface area contributed by atoms with E-state index >= 15 is 0 Å². The van der Waals surface area contributed by atoms with Crippen LogP contribution in [0.4, 0.5) is 11.6 Å². The van der Waals surface area contributed by atoms with E-state index in [0.29, 0.717) is 0 Å². The number of carbonyl (C=O) groups excluding carboxylic acids is 3. The van der Waals surface area contributed by atoms with E-state index in [1.165, 1.54) is 37.2 Å². The zero-order valence-corrected chi connectivity index (χ0v) is 22.1. The molecule has 1 fully saturated rings. The number of benzene rings is 1. The van der Waals surface area contributed by atoms with Gasteiger partial charge in [-0.1, -0.05) is 25.5 Å². The summed E-state index contributed by atoms with van der Waals surface area (Å²) in [5.74, 6) is -1.71. The van der Waals surface area contributed by atoms with Crippen molar-refractivity contribution >= 4 is 40.7 Å². The van der Waals surface area contributed by atoms with E-state index in [4.69, 9.17) is 18.9 Å². The normalized spacial score (nSPS) is 20.5. The van der Waals surface area contributed by atoms with Gasteiger partial charge in [0.15, 0.2) is 29.6 Å². The first-order valence-corrected chi connectivity index (χ1v) is 12.6. The fourth-order valence-electron chi connectivity index (χ4n) is 4.36. The monoisotopic (exact) mass is 541 g/mol. The van der Waals surface area contributed by atoms with Gasteiger partial charge in [-0.25, -0.2) is 4.98 Å². The van der Waals surface area contributed by atoms with Crippen LogP contribution in [-0.2, 0) is 39.8 Å². The Balaban J connectivity index is 1.68. The first kappa shape index (κ1) is 27.8. The lowest BCUT2D eigenvalue weighted by molar-refractivity contribution is -0.166. The van der Waals surface area contributed by atoms with Crippen molar-refractivity contribution in [1.82, 2.24) is 19.5 Å². The topological polar surface area (TPSA) is 164 Å². The smallest absolute Gasteiger partial charge is 0.303 e. The van der Waals surface area contributed by atoms with E-state index in [0.717, 1.165) is 24.9 Å². The van der Waals surface area contributed by atoms with Gasteiger partial charge in [0.1, 0.15) is 12.7 Å². The number of nitrogens with zero attached hydrogens (tertiary/aromatic N) is 3. The van der Waals surface area contributed by atoms with Crippen LogP contribution in [0.3, 0.4) is 0 Å². The Bertz CT molecular complexity index is 1400. The second-order valence-electron chi connectivity index (χ2n) is 9.18. The largest absolute Gasteiger partial charge is 0.463 e. The highest BCUT2D eigenvalue weighted by Gasteiger charge is 2.51. The van der Waals surface area contributed by atoms with Gasteiger partial charge in [0.25, 0.3) is 5.56 Å². The van der Waals surface area contributed by atoms with Gasteiger partial charge in [-0.2, -0.15) is 4.98 Å². The van der Waals surface area contributed by atoms with E-state index in [2.05, 4.69) is 27.2 Å². The molecule has 1 aliphatic rings. The zero-order valence-electron chi connectivity index (χ0n) is 22.1. The Morgan fingerprint density at radius 3 is 2.38 bits per heavy atom. The molecule has 1 saturated heterocycles. The molecule has 13 nitrogen and oxygen atoms in total. The second kappa shape index (κ2) is 12.1. The molecule has 0 amide bonds. The Labute approximate surface area is 223 Å². The fourth-order valence-corrected chi connectivity index (χ4v) is 4.36. The fraction of sp³-hybridized carbons (Fsp3) is 0.462. The lowest BCUT2D eigenvalue weighted by Gasteiger charge is -2.23. The summed E-state index contributed by atoms with van der Waals surface area (Å²) >= 11 is 0. The molecule has 3 heterocycles. The Hall–Kier alpha value is -4.26. The van der Waals surface area contributed by atoms with E-state index < -0.39 is 48.0 Å². The van der Waals surface area contributed by atoms with Crippen molar-refractivity contribution in [3.63, 3.8) is 0 Å². The third-order valence-corrected chi connectivity index (χ3v) is 6.08. The number of hydrogen-bond donors (Lipinski definition) is 2. The van der Waals surface area contributed by atoms with E-state index in [1.54, 1.807) is 0 Å². The third kappa shape index (κ3) is 6.60. The summed E-state index contributed by atoms with van der Waals surface area (Å²) < 4.78 is 23.4. The average Bonchev–Trinajstić information content (AvgIpc) is 3.43. The summed E-state index contributed by atoms with van der Waals surface area (Å²) in [6.45, 7) is 5.50. The van der Waals surface area contributed by atoms with E-state index in [1.807, 2.05) is 24.3 Å². The molecule has 1 aromatic carbocycles. The van der Waals surface area contributed by atoms with Gasteiger partial charge in [0.2, 0.25) is 5.95 Å². The highest BCUT2D eigenvalue weighted by molar-refractivity contribution is 5.72. The molecule has 1 aliphatic heterocycles. The number of carbonyl (C=O) groups is 3. The van der Waals surface area contributed by atoms with Crippen molar-refractivity contribution < 1.29 is 33.3 Å². The lowest BCUT2D eigenvalue weighted by atomic mass is 10.1. The zero-order chi connectivity index (χ0) is 28.1. The van der Waals surface area contributed by atoms with Crippen LogP contribution in [0.25, 0.3) is 11.2 Å². The van der Waals surface area contributed by atoms with Crippen LogP contribution >= 0.6 is 0 Å². The molecule has 3 aromatic rings. The molecule has 2 N–H and O–H groups in total. The van der Waals surface area contributed by atoms with E-state index in [9.17, 15) is 19.2 Å². The van der Waals surface area contributed by atoms with Crippen LogP contribution in [0.2, 0.25) is 0 Å². The minimum Gasteiger partial charge on any atom is -0.463 e. The van der Waals surface area contributed by atoms with Crippen LogP contribution in [0.15, 0.2) is 35.4 Å². The number of fused-ring (bicyclic) bond motifs is 1. The molecule has 0 aliphatic carbocycles. The van der Waals surface area contributed by atoms with Crippen LogP contribution in [0, 0.1) is 0 Å². The maximum absolute atomic E-state index is 12.8. The summed E-state index contributed by atoms with van der Waals surface area (Å²) in [5.41, 5.74) is 1.58. The van der Waals surface area contributed by atoms with Gasteiger partial charge in [-0.15, -0.1) is 0 Å². The Morgan fingerprint density at radius 2 is 1.74 bits per heavy atom. The lowest BCUT2D eigenvalue weighted by Crippen LogP contribution is -2.40. The number of imidazole rings is 1. The van der Waals surface area contributed by atoms with Crippen molar-refractivity contribution in [3.8, 4) is 0 Å². The number of ether oxygens (including phenoxy) is 4. The van der Waals surface area contributed by atoms with Crippen molar-refractivity contribution in [3.05, 3.63) is 46.5 Å². The number of aryl methyl sites for hydroxylation is 1. The molecular weight excluding hydrogens is 510 g/mol. The van der Waals surface area contributed by atoms with Gasteiger partial charge in [0.05, 0.1) is 6.33 Å². The number of unbranched alkanes of at least 4 members (excludes halogenated alkanes) is 1. The van der Waals surface area contributed by atoms with Crippen molar-refractivity contribution in [2.24, 2.45) is 0 Å². The van der Waals surface area contributed by atoms with Crippen LogP contribution < -0.4 is 10.9 Å². The second-order valence-corrected chi connectivity index (χ2v) is 9.18. The maximum atomic E-state index is 12.8. The van der Waals surface area contributed by atoms with Gasteiger partial charge in [-0.3, -0.25) is 28.7 Å². The highest BCUT2D eigenvalue weighted by atomic mass is 16.7. The summed E-state index contributed by atoms with van der Waals surface area (Å²) in [5, 5.41) is 3.09. The molecule has 0 unspecified atom stereocenters. The summed E-state index contributed by atoms with van der Waals surface area (Å²) in [4.78, 5) is 59.4. The molecule has 0 radical (unpaired) electrons. The first-order valence-electron chi connectivity index (χ1n) is 12.6. The number of aromatic amines is 1. The first-order chi connectivity index (χ1) is 18.7. The van der Waals surface area contributed by atoms with Gasteiger partial charge >= 0.3 is 17.9 Å². The molecule has 0 spiro atoms. The summed E-state index contributed by atoms with van der Waals surface area (Å²) in [7, 11) is 0. The predicted octanol–water partition coefficient (Wildman–Crippen LogP) is 2.53. The third-order valence-electron chi connectivity index (χ3n) is 6.08. The predicted molar refractivity (Wildman–Crippen MR) is 138 cm³/mol. The number of anilines is 2. The van der Waals surface area contributed by atoms with Gasteiger partial charge in [-0.05, 0) is 30.5 Å². The molecule has 39 heavy (non-hydrogen) atoms. The molecule has 2 aromatic heterocycles. The number of nitrogens with one attached hydrogen (secondary N) is 2. The maximum Gasteiger partial charge on any atom is 0.303 e.